The van der Waals surface area contributed by atoms with Crippen molar-refractivity contribution in [2.24, 2.45) is 0 Å². The Balaban J connectivity index is 1.98. The van der Waals surface area contributed by atoms with E-state index in [2.05, 4.69) is 15.0 Å². The standard InChI is InChI=1S/C12H11FN2O3/c1-17-12(16)8-2-11(18-7-8)6-15-10-3-9(13)4-14-5-10/h2-5,7,15H,6H2,1H3. The van der Waals surface area contributed by atoms with Crippen LogP contribution in [0.15, 0.2) is 35.2 Å². The van der Waals surface area contributed by atoms with Gasteiger partial charge in [0.2, 0.25) is 0 Å². The van der Waals surface area contributed by atoms with Crippen LogP contribution in [0.5, 0.6) is 0 Å². The third-order valence-electron chi connectivity index (χ3n) is 2.25. The zero-order chi connectivity index (χ0) is 13.0. The van der Waals surface area contributed by atoms with E-state index in [9.17, 15) is 9.18 Å². The molecule has 0 spiro atoms. The highest BCUT2D eigenvalue weighted by molar-refractivity contribution is 5.88. The summed E-state index contributed by atoms with van der Waals surface area (Å²) in [5.41, 5.74) is 0.873. The molecular weight excluding hydrogens is 239 g/mol. The average molecular weight is 250 g/mol. The highest BCUT2D eigenvalue weighted by atomic mass is 19.1. The highest BCUT2D eigenvalue weighted by Crippen LogP contribution is 2.12. The van der Waals surface area contributed by atoms with Crippen LogP contribution in [-0.2, 0) is 11.3 Å². The summed E-state index contributed by atoms with van der Waals surface area (Å²) in [7, 11) is 1.30. The lowest BCUT2D eigenvalue weighted by Gasteiger charge is -2.02. The Hall–Kier alpha value is -2.37. The number of aromatic nitrogens is 1. The molecule has 0 unspecified atom stereocenters. The maximum Gasteiger partial charge on any atom is 0.341 e. The summed E-state index contributed by atoms with van der Waals surface area (Å²) in [6.45, 7) is 0.322. The van der Waals surface area contributed by atoms with E-state index in [1.807, 2.05) is 0 Å². The van der Waals surface area contributed by atoms with E-state index < -0.39 is 11.8 Å². The number of carbonyl (C=O) groups excluding carboxylic acids is 1. The number of nitrogens with one attached hydrogen (secondary N) is 1. The van der Waals surface area contributed by atoms with Crippen molar-refractivity contribution in [1.82, 2.24) is 4.98 Å². The molecule has 0 bridgehead atoms. The summed E-state index contributed by atoms with van der Waals surface area (Å²) >= 11 is 0. The summed E-state index contributed by atoms with van der Waals surface area (Å²) in [5.74, 6) is -0.341. The van der Waals surface area contributed by atoms with Gasteiger partial charge in [-0.1, -0.05) is 0 Å². The number of nitrogens with zero attached hydrogens (tertiary/aromatic N) is 1. The number of anilines is 1. The van der Waals surface area contributed by atoms with Gasteiger partial charge in [-0.05, 0) is 6.07 Å². The van der Waals surface area contributed by atoms with Crippen molar-refractivity contribution in [1.29, 1.82) is 0 Å². The van der Waals surface area contributed by atoms with Gasteiger partial charge in [0.25, 0.3) is 0 Å². The molecule has 5 nitrogen and oxygen atoms in total. The number of hydrogen-bond acceptors (Lipinski definition) is 5. The van der Waals surface area contributed by atoms with Gasteiger partial charge in [-0.2, -0.15) is 0 Å². The molecule has 2 aromatic rings. The van der Waals surface area contributed by atoms with Crippen molar-refractivity contribution in [3.05, 3.63) is 47.9 Å². The molecule has 0 radical (unpaired) electrons. The van der Waals surface area contributed by atoms with Crippen molar-refractivity contribution in [3.63, 3.8) is 0 Å². The fourth-order valence-electron chi connectivity index (χ4n) is 1.40. The first-order valence-electron chi connectivity index (χ1n) is 5.19. The Morgan fingerprint density at radius 3 is 3.06 bits per heavy atom. The zero-order valence-corrected chi connectivity index (χ0v) is 9.64. The number of hydrogen-bond donors (Lipinski definition) is 1. The number of pyridine rings is 1. The minimum absolute atomic E-state index is 0.322. The summed E-state index contributed by atoms with van der Waals surface area (Å²) in [4.78, 5) is 14.9. The second-order valence-corrected chi connectivity index (χ2v) is 3.54. The molecule has 6 heteroatoms. The van der Waals surface area contributed by atoms with E-state index in [1.54, 1.807) is 6.07 Å². The molecule has 0 aromatic carbocycles. The molecule has 2 aromatic heterocycles. The van der Waals surface area contributed by atoms with Gasteiger partial charge in [-0.25, -0.2) is 9.18 Å². The number of methoxy groups -OCH3 is 1. The molecule has 0 amide bonds. The average Bonchev–Trinajstić information content (AvgIpc) is 2.84. The summed E-state index contributed by atoms with van der Waals surface area (Å²) in [5, 5.41) is 2.92. The summed E-state index contributed by atoms with van der Waals surface area (Å²) < 4.78 is 22.6. The smallest absolute Gasteiger partial charge is 0.341 e. The number of ether oxygens (including phenoxy) is 1. The van der Waals surface area contributed by atoms with E-state index in [0.717, 1.165) is 6.20 Å². The predicted molar refractivity (Wildman–Crippen MR) is 61.6 cm³/mol. The quantitative estimate of drug-likeness (QED) is 0.843. The number of halogens is 1. The second kappa shape index (κ2) is 5.31. The van der Waals surface area contributed by atoms with E-state index in [-0.39, 0.29) is 0 Å². The van der Waals surface area contributed by atoms with Crippen molar-refractivity contribution in [3.8, 4) is 0 Å². The summed E-state index contributed by atoms with van der Waals surface area (Å²) in [6, 6.07) is 2.88. The van der Waals surface area contributed by atoms with Crippen molar-refractivity contribution in [2.75, 3.05) is 12.4 Å². The van der Waals surface area contributed by atoms with E-state index in [0.29, 0.717) is 23.6 Å². The topological polar surface area (TPSA) is 64.4 Å². The molecule has 0 aliphatic rings. The first kappa shape index (κ1) is 12.1. The van der Waals surface area contributed by atoms with Crippen LogP contribution in [0.1, 0.15) is 16.1 Å². The molecule has 0 saturated carbocycles. The van der Waals surface area contributed by atoms with Gasteiger partial charge in [-0.15, -0.1) is 0 Å². The van der Waals surface area contributed by atoms with Crippen LogP contribution in [0.3, 0.4) is 0 Å². The Morgan fingerprint density at radius 1 is 1.50 bits per heavy atom. The number of esters is 1. The van der Waals surface area contributed by atoms with Gasteiger partial charge in [-0.3, -0.25) is 4.98 Å². The molecule has 0 aliphatic carbocycles. The second-order valence-electron chi connectivity index (χ2n) is 3.54. The van der Waals surface area contributed by atoms with Crippen LogP contribution >= 0.6 is 0 Å². The van der Waals surface area contributed by atoms with Crippen molar-refractivity contribution < 1.29 is 18.3 Å². The molecular formula is C12H11FN2O3. The molecule has 18 heavy (non-hydrogen) atoms. The molecule has 0 aliphatic heterocycles. The fraction of sp³-hybridized carbons (Fsp3) is 0.167. The normalized spacial score (nSPS) is 10.1. The molecule has 0 saturated heterocycles. The Kier molecular flexibility index (Phi) is 3.57. The Morgan fingerprint density at radius 2 is 2.33 bits per heavy atom. The van der Waals surface area contributed by atoms with Crippen LogP contribution in [0.4, 0.5) is 10.1 Å². The molecule has 0 atom stereocenters. The fourth-order valence-corrected chi connectivity index (χ4v) is 1.40. The maximum absolute atomic E-state index is 12.9. The molecule has 0 fully saturated rings. The van der Waals surface area contributed by atoms with Gasteiger partial charge in [0.05, 0.1) is 37.3 Å². The van der Waals surface area contributed by atoms with Crippen LogP contribution in [0.25, 0.3) is 0 Å². The molecule has 2 heterocycles. The van der Waals surface area contributed by atoms with Crippen LogP contribution < -0.4 is 5.32 Å². The minimum Gasteiger partial charge on any atom is -0.467 e. The van der Waals surface area contributed by atoms with Gasteiger partial charge in [0.1, 0.15) is 17.8 Å². The van der Waals surface area contributed by atoms with E-state index >= 15 is 0 Å². The van der Waals surface area contributed by atoms with Gasteiger partial charge >= 0.3 is 5.97 Å². The SMILES string of the molecule is COC(=O)c1coc(CNc2cncc(F)c2)c1. The summed E-state index contributed by atoms with van der Waals surface area (Å²) in [6.07, 6.45) is 3.92. The maximum atomic E-state index is 12.9. The van der Waals surface area contributed by atoms with Crippen LogP contribution in [0.2, 0.25) is 0 Å². The van der Waals surface area contributed by atoms with E-state index in [4.69, 9.17) is 4.42 Å². The Labute approximate surface area is 103 Å². The molecule has 94 valence electrons. The third kappa shape index (κ3) is 2.85. The lowest BCUT2D eigenvalue weighted by molar-refractivity contribution is 0.0600. The first-order chi connectivity index (χ1) is 8.69. The van der Waals surface area contributed by atoms with Crippen LogP contribution in [-0.4, -0.2) is 18.1 Å². The Bertz CT molecular complexity index is 554. The monoisotopic (exact) mass is 250 g/mol. The number of carbonyl (C=O) groups is 1. The van der Waals surface area contributed by atoms with Crippen LogP contribution in [0, 0.1) is 5.82 Å². The molecule has 1 N–H and O–H groups in total. The molecule has 2 rings (SSSR count). The highest BCUT2D eigenvalue weighted by Gasteiger charge is 2.09. The van der Waals surface area contributed by atoms with Gasteiger partial charge in [0.15, 0.2) is 0 Å². The zero-order valence-electron chi connectivity index (χ0n) is 9.64. The lowest BCUT2D eigenvalue weighted by Crippen LogP contribution is -2.00. The van der Waals surface area contributed by atoms with Crippen molar-refractivity contribution in [2.45, 2.75) is 6.54 Å². The predicted octanol–water partition coefficient (Wildman–Crippen LogP) is 2.21. The number of furan rings is 1. The third-order valence-corrected chi connectivity index (χ3v) is 2.25. The first-order valence-corrected chi connectivity index (χ1v) is 5.19. The lowest BCUT2D eigenvalue weighted by atomic mass is 10.3. The van der Waals surface area contributed by atoms with Crippen molar-refractivity contribution >= 4 is 11.7 Å². The van der Waals surface area contributed by atoms with E-state index in [1.165, 1.54) is 25.6 Å². The largest absolute Gasteiger partial charge is 0.467 e. The van der Waals surface area contributed by atoms with Gasteiger partial charge in [0, 0.05) is 6.07 Å². The number of rotatable bonds is 4. The minimum atomic E-state index is -0.461. The van der Waals surface area contributed by atoms with Gasteiger partial charge < -0.3 is 14.5 Å².